The molecule has 0 bridgehead atoms. The molecule has 0 aromatic heterocycles. The van der Waals surface area contributed by atoms with Gasteiger partial charge >= 0.3 is 0 Å². The lowest BCUT2D eigenvalue weighted by Gasteiger charge is -2.23. The first-order valence-corrected chi connectivity index (χ1v) is 7.06. The van der Waals surface area contributed by atoms with Gasteiger partial charge in [-0.05, 0) is 34.3 Å². The summed E-state index contributed by atoms with van der Waals surface area (Å²) in [6.45, 7) is 2.83. The normalized spacial score (nSPS) is 25.2. The zero-order valence-corrected chi connectivity index (χ0v) is 12.6. The van der Waals surface area contributed by atoms with Crippen molar-refractivity contribution in [2.75, 3.05) is 13.7 Å². The van der Waals surface area contributed by atoms with E-state index in [2.05, 4.69) is 22.9 Å². The standard InChI is InChI=1S/C13H15BrClFO2/c1-7-3-4-18-13(7)12(15)8-5-9(14)10(16)6-11(8)17-2/h5-7,12-13H,3-4H2,1-2H3. The van der Waals surface area contributed by atoms with Gasteiger partial charge < -0.3 is 9.47 Å². The van der Waals surface area contributed by atoms with Crippen molar-refractivity contribution in [2.45, 2.75) is 24.8 Å². The van der Waals surface area contributed by atoms with Gasteiger partial charge in [-0.15, -0.1) is 11.6 Å². The average molecular weight is 338 g/mol. The van der Waals surface area contributed by atoms with Crippen LogP contribution in [0.2, 0.25) is 0 Å². The lowest BCUT2D eigenvalue weighted by molar-refractivity contribution is 0.0897. The van der Waals surface area contributed by atoms with Gasteiger partial charge in [-0.25, -0.2) is 4.39 Å². The van der Waals surface area contributed by atoms with Gasteiger partial charge in [0.15, 0.2) is 0 Å². The number of halogens is 3. The lowest BCUT2D eigenvalue weighted by Crippen LogP contribution is -2.20. The van der Waals surface area contributed by atoms with Crippen molar-refractivity contribution in [2.24, 2.45) is 5.92 Å². The van der Waals surface area contributed by atoms with Crippen LogP contribution in [0.15, 0.2) is 16.6 Å². The number of hydrogen-bond acceptors (Lipinski definition) is 2. The maximum absolute atomic E-state index is 13.5. The van der Waals surface area contributed by atoms with Crippen LogP contribution in [0, 0.1) is 11.7 Å². The third-order valence-electron chi connectivity index (χ3n) is 3.30. The van der Waals surface area contributed by atoms with Crippen LogP contribution in [-0.2, 0) is 4.74 Å². The Bertz CT molecular complexity index is 441. The molecule has 0 spiro atoms. The monoisotopic (exact) mass is 336 g/mol. The highest BCUT2D eigenvalue weighted by atomic mass is 79.9. The van der Waals surface area contributed by atoms with E-state index in [1.165, 1.54) is 13.2 Å². The van der Waals surface area contributed by atoms with Crippen molar-refractivity contribution >= 4 is 27.5 Å². The molecule has 5 heteroatoms. The van der Waals surface area contributed by atoms with Crippen LogP contribution in [0.25, 0.3) is 0 Å². The Labute approximate surface area is 120 Å². The van der Waals surface area contributed by atoms with E-state index in [0.29, 0.717) is 16.1 Å². The van der Waals surface area contributed by atoms with E-state index >= 15 is 0 Å². The number of methoxy groups -OCH3 is 1. The molecule has 1 heterocycles. The summed E-state index contributed by atoms with van der Waals surface area (Å²) < 4.78 is 24.7. The molecule has 1 aliphatic rings. The lowest BCUT2D eigenvalue weighted by atomic mass is 9.96. The molecule has 1 aromatic rings. The second-order valence-electron chi connectivity index (χ2n) is 4.51. The molecular weight excluding hydrogens is 322 g/mol. The quantitative estimate of drug-likeness (QED) is 0.766. The fraction of sp³-hybridized carbons (Fsp3) is 0.538. The van der Waals surface area contributed by atoms with E-state index in [-0.39, 0.29) is 17.3 Å². The topological polar surface area (TPSA) is 18.5 Å². The predicted octanol–water partition coefficient (Wildman–Crippen LogP) is 4.30. The molecule has 1 saturated heterocycles. The summed E-state index contributed by atoms with van der Waals surface area (Å²) in [6.07, 6.45) is 0.941. The first-order chi connectivity index (χ1) is 8.54. The summed E-state index contributed by atoms with van der Waals surface area (Å²) in [5.74, 6) is 0.485. The maximum atomic E-state index is 13.5. The molecule has 0 saturated carbocycles. The van der Waals surface area contributed by atoms with Gasteiger partial charge in [0.05, 0.1) is 23.1 Å². The molecule has 3 unspecified atom stereocenters. The first kappa shape index (κ1) is 14.1. The van der Waals surface area contributed by atoms with Gasteiger partial charge in [-0.2, -0.15) is 0 Å². The Morgan fingerprint density at radius 3 is 2.83 bits per heavy atom. The van der Waals surface area contributed by atoms with E-state index < -0.39 is 0 Å². The Morgan fingerprint density at radius 2 is 2.28 bits per heavy atom. The first-order valence-electron chi connectivity index (χ1n) is 5.83. The zero-order chi connectivity index (χ0) is 13.3. The molecule has 2 nitrogen and oxygen atoms in total. The minimum Gasteiger partial charge on any atom is -0.496 e. The number of hydrogen-bond donors (Lipinski definition) is 0. The molecule has 0 radical (unpaired) electrons. The van der Waals surface area contributed by atoms with Crippen LogP contribution >= 0.6 is 27.5 Å². The predicted molar refractivity (Wildman–Crippen MR) is 72.8 cm³/mol. The number of ether oxygens (including phenoxy) is 2. The van der Waals surface area contributed by atoms with Gasteiger partial charge in [-0.1, -0.05) is 6.92 Å². The van der Waals surface area contributed by atoms with Crippen molar-refractivity contribution in [1.82, 2.24) is 0 Å². The van der Waals surface area contributed by atoms with Crippen molar-refractivity contribution < 1.29 is 13.9 Å². The van der Waals surface area contributed by atoms with Crippen LogP contribution in [0.1, 0.15) is 24.3 Å². The molecule has 1 fully saturated rings. The van der Waals surface area contributed by atoms with Crippen LogP contribution < -0.4 is 4.74 Å². The average Bonchev–Trinajstić information content (AvgIpc) is 2.77. The van der Waals surface area contributed by atoms with E-state index in [0.717, 1.165) is 18.6 Å². The van der Waals surface area contributed by atoms with E-state index in [1.54, 1.807) is 6.07 Å². The summed E-state index contributed by atoms with van der Waals surface area (Å²) in [7, 11) is 1.51. The molecule has 1 aromatic carbocycles. The minimum atomic E-state index is -0.361. The largest absolute Gasteiger partial charge is 0.496 e. The van der Waals surface area contributed by atoms with Crippen LogP contribution in [0.5, 0.6) is 5.75 Å². The summed E-state index contributed by atoms with van der Waals surface area (Å²) >= 11 is 9.64. The van der Waals surface area contributed by atoms with E-state index in [9.17, 15) is 4.39 Å². The molecule has 0 amide bonds. The van der Waals surface area contributed by atoms with Crippen molar-refractivity contribution in [3.8, 4) is 5.75 Å². The Morgan fingerprint density at radius 1 is 1.56 bits per heavy atom. The molecule has 100 valence electrons. The fourth-order valence-corrected chi connectivity index (χ4v) is 3.06. The smallest absolute Gasteiger partial charge is 0.141 e. The molecule has 0 aliphatic carbocycles. The Balaban J connectivity index is 2.34. The van der Waals surface area contributed by atoms with Crippen LogP contribution in [-0.4, -0.2) is 19.8 Å². The van der Waals surface area contributed by atoms with E-state index in [4.69, 9.17) is 21.1 Å². The van der Waals surface area contributed by atoms with Crippen molar-refractivity contribution in [3.05, 3.63) is 28.0 Å². The van der Waals surface area contributed by atoms with Crippen molar-refractivity contribution in [1.29, 1.82) is 0 Å². The zero-order valence-electron chi connectivity index (χ0n) is 10.3. The Hall–Kier alpha value is -0.320. The number of benzene rings is 1. The van der Waals surface area contributed by atoms with Gasteiger partial charge in [0.2, 0.25) is 0 Å². The molecule has 18 heavy (non-hydrogen) atoms. The second kappa shape index (κ2) is 5.76. The van der Waals surface area contributed by atoms with Gasteiger partial charge in [-0.3, -0.25) is 0 Å². The molecule has 0 N–H and O–H groups in total. The van der Waals surface area contributed by atoms with Gasteiger partial charge in [0.1, 0.15) is 11.6 Å². The summed E-state index contributed by atoms with van der Waals surface area (Å²) in [5, 5.41) is -0.339. The highest BCUT2D eigenvalue weighted by Gasteiger charge is 2.33. The number of alkyl halides is 1. The van der Waals surface area contributed by atoms with Crippen molar-refractivity contribution in [3.63, 3.8) is 0 Å². The summed E-state index contributed by atoms with van der Waals surface area (Å²) in [6, 6.07) is 3.01. The fourth-order valence-electron chi connectivity index (χ4n) is 2.20. The minimum absolute atomic E-state index is 0.0575. The van der Waals surface area contributed by atoms with Gasteiger partial charge in [0, 0.05) is 18.2 Å². The molecule has 2 rings (SSSR count). The Kier molecular flexibility index (Phi) is 4.51. The maximum Gasteiger partial charge on any atom is 0.141 e. The second-order valence-corrected chi connectivity index (χ2v) is 5.84. The molecular formula is C13H15BrClFO2. The highest BCUT2D eigenvalue weighted by Crippen LogP contribution is 2.41. The SMILES string of the molecule is COc1cc(F)c(Br)cc1C(Cl)C1OCCC1C. The third kappa shape index (κ3) is 2.65. The molecule has 1 aliphatic heterocycles. The number of rotatable bonds is 3. The third-order valence-corrected chi connectivity index (χ3v) is 4.39. The molecule has 3 atom stereocenters. The summed E-state index contributed by atoms with van der Waals surface area (Å²) in [5.41, 5.74) is 0.756. The van der Waals surface area contributed by atoms with Crippen LogP contribution in [0.3, 0.4) is 0 Å². The summed E-state index contributed by atoms with van der Waals surface area (Å²) in [4.78, 5) is 0. The van der Waals surface area contributed by atoms with Gasteiger partial charge in [0.25, 0.3) is 0 Å². The van der Waals surface area contributed by atoms with Crippen LogP contribution in [0.4, 0.5) is 4.39 Å². The van der Waals surface area contributed by atoms with E-state index in [1.807, 2.05) is 0 Å². The highest BCUT2D eigenvalue weighted by molar-refractivity contribution is 9.10.